The van der Waals surface area contributed by atoms with Crippen molar-refractivity contribution in [2.24, 2.45) is 0 Å². The zero-order chi connectivity index (χ0) is 3.58. The molecule has 0 aliphatic heterocycles. The number of hydrogen-bond acceptors (Lipinski definition) is 3. The third-order valence-corrected chi connectivity index (χ3v) is 0. The van der Waals surface area contributed by atoms with Gasteiger partial charge in [-0.3, -0.25) is 0 Å². The summed E-state index contributed by atoms with van der Waals surface area (Å²) in [5.74, 6) is 0. The van der Waals surface area contributed by atoms with Crippen LogP contribution < -0.4 is 0 Å². The molecule has 3 N–H and O–H groups in total. The second-order valence-electron chi connectivity index (χ2n) is 0.346. The summed E-state index contributed by atoms with van der Waals surface area (Å²) in [4.78, 5) is 0. The van der Waals surface area contributed by atoms with Crippen LogP contribution in [0.2, 0.25) is 0 Å². The molecule has 0 atom stereocenters. The molecule has 0 spiro atoms. The summed E-state index contributed by atoms with van der Waals surface area (Å²) in [5, 5.41) is 21.5. The Morgan fingerprint density at radius 3 is 1.00 bits per heavy atom. The maximum absolute atomic E-state index is 7.17. The first-order chi connectivity index (χ1) is 1.73. The van der Waals surface area contributed by atoms with Gasteiger partial charge in [-0.2, -0.15) is 0 Å². The van der Waals surface area contributed by atoms with E-state index in [9.17, 15) is 0 Å². The molecule has 3 nitrogen and oxygen atoms in total. The molecule has 0 radical (unpaired) electrons. The first kappa shape index (κ1) is 15.7. The van der Waals surface area contributed by atoms with Crippen molar-refractivity contribution < 1.29 is 15.1 Å². The molecule has 6 heavy (non-hydrogen) atoms. The van der Waals surface area contributed by atoms with Crippen molar-refractivity contribution in [3.05, 3.63) is 0 Å². The third-order valence-electron chi connectivity index (χ3n) is 0. The Labute approximate surface area is 88.6 Å². The second-order valence-corrected chi connectivity index (χ2v) is 0.346. The summed E-state index contributed by atoms with van der Waals surface area (Å²) in [6.45, 7) is 0. The summed E-state index contributed by atoms with van der Waals surface area (Å²) in [6.07, 6.45) is 0. The predicted octanol–water partition coefficient (Wildman–Crippen LogP) is -3.62. The Balaban J connectivity index is -0.0000000450. The maximum atomic E-state index is 7.17. The fourth-order valence-electron chi connectivity index (χ4n) is 0. The monoisotopic (exact) mass is 210 g/mol. The van der Waals surface area contributed by atoms with Crippen LogP contribution in [0.3, 0.4) is 0 Å². The Morgan fingerprint density at radius 2 is 1.00 bits per heavy atom. The van der Waals surface area contributed by atoms with E-state index in [0.29, 0.717) is 0 Å². The fourth-order valence-corrected chi connectivity index (χ4v) is 0. The van der Waals surface area contributed by atoms with Gasteiger partial charge in [-0.25, -0.2) is 0 Å². The van der Waals surface area contributed by atoms with Gasteiger partial charge < -0.3 is 15.1 Å². The van der Waals surface area contributed by atoms with E-state index in [2.05, 4.69) is 0 Å². The molecule has 0 bridgehead atoms. The van der Waals surface area contributed by atoms with Crippen LogP contribution in [0.25, 0.3) is 0 Å². The van der Waals surface area contributed by atoms with Crippen molar-refractivity contribution >= 4 is 75.1 Å². The van der Waals surface area contributed by atoms with Crippen molar-refractivity contribution in [2.45, 2.75) is 0 Å². The Morgan fingerprint density at radius 1 is 1.00 bits per heavy atom. The first-order valence-corrected chi connectivity index (χ1v) is 0.775. The van der Waals surface area contributed by atoms with Gasteiger partial charge >= 0.3 is 75.1 Å². The van der Waals surface area contributed by atoms with Crippen molar-refractivity contribution in [2.75, 3.05) is 0 Å². The van der Waals surface area contributed by atoms with Gasteiger partial charge in [0.2, 0.25) is 0 Å². The Kier molecular flexibility index (Phi) is 26.6. The van der Waals surface area contributed by atoms with E-state index in [1.165, 1.54) is 0 Å². The van der Waals surface area contributed by atoms with E-state index in [1.54, 1.807) is 0 Å². The average Bonchev–Trinajstić information content (AvgIpc) is 0.811. The molecular formula is H6BBaLiO3. The second kappa shape index (κ2) is 10.2. The van der Waals surface area contributed by atoms with Crippen LogP contribution in [-0.4, -0.2) is 90.1 Å². The van der Waals surface area contributed by atoms with Crippen LogP contribution in [0.15, 0.2) is 0 Å². The predicted molar refractivity (Wildman–Crippen MR) is 28.1 cm³/mol. The van der Waals surface area contributed by atoms with Gasteiger partial charge in [0.25, 0.3) is 0 Å². The van der Waals surface area contributed by atoms with Gasteiger partial charge in [0.05, 0.1) is 0 Å². The van der Waals surface area contributed by atoms with Gasteiger partial charge in [0.1, 0.15) is 0 Å². The molecule has 0 fully saturated rings. The SMILES string of the molecule is OB(O)O.[BaH2].[LiH]. The Bertz CT molecular complexity index is 15.5. The Hall–Kier alpha value is 2.11. The van der Waals surface area contributed by atoms with Crippen molar-refractivity contribution in [1.82, 2.24) is 0 Å². The molecule has 0 amide bonds. The molecule has 0 aromatic carbocycles. The van der Waals surface area contributed by atoms with Crippen LogP contribution in [-0.2, 0) is 0 Å². The summed E-state index contributed by atoms with van der Waals surface area (Å²) >= 11 is 0. The topological polar surface area (TPSA) is 60.7 Å². The summed E-state index contributed by atoms with van der Waals surface area (Å²) in [6, 6.07) is 0. The average molecular weight is 209 g/mol. The zero-order valence-corrected chi connectivity index (χ0v) is 1.92. The van der Waals surface area contributed by atoms with Crippen LogP contribution in [0, 0.1) is 0 Å². The molecule has 6 heteroatoms. The van der Waals surface area contributed by atoms with Gasteiger partial charge in [-0.15, -0.1) is 0 Å². The minimum absolute atomic E-state index is 0. The molecule has 0 rings (SSSR count). The van der Waals surface area contributed by atoms with Gasteiger partial charge in [-0.05, 0) is 0 Å². The van der Waals surface area contributed by atoms with Crippen molar-refractivity contribution in [3.63, 3.8) is 0 Å². The van der Waals surface area contributed by atoms with E-state index < -0.39 is 7.32 Å². The molecule has 0 unspecified atom stereocenters. The molecule has 0 aromatic rings. The summed E-state index contributed by atoms with van der Waals surface area (Å²) < 4.78 is 0. The summed E-state index contributed by atoms with van der Waals surface area (Å²) in [7, 11) is -2.17. The summed E-state index contributed by atoms with van der Waals surface area (Å²) in [5.41, 5.74) is 0. The van der Waals surface area contributed by atoms with Crippen LogP contribution >= 0.6 is 0 Å². The van der Waals surface area contributed by atoms with Crippen LogP contribution in [0.1, 0.15) is 0 Å². The minimum atomic E-state index is -2.17. The van der Waals surface area contributed by atoms with Gasteiger partial charge in [-0.1, -0.05) is 0 Å². The quantitative estimate of drug-likeness (QED) is 0.361. The molecule has 30 valence electrons. The van der Waals surface area contributed by atoms with Gasteiger partial charge in [0, 0.05) is 0 Å². The van der Waals surface area contributed by atoms with Crippen LogP contribution in [0.4, 0.5) is 0 Å². The number of hydrogen-bond donors (Lipinski definition) is 3. The van der Waals surface area contributed by atoms with E-state index in [1.807, 2.05) is 0 Å². The normalized spacial score (nSPS) is 4.50. The molecule has 0 saturated carbocycles. The standard InChI is InChI=1S/BH3O3.Ba.Li.3H/c2-1(3)4;;;;;/h2-4H;;;;;. The molecular weight excluding hydrogens is 203 g/mol. The van der Waals surface area contributed by atoms with Gasteiger partial charge in [0.15, 0.2) is 0 Å². The van der Waals surface area contributed by atoms with E-state index >= 15 is 0 Å². The molecule has 0 saturated heterocycles. The fraction of sp³-hybridized carbons (Fsp3) is 0. The molecule has 0 aliphatic rings. The molecule has 0 aromatic heterocycles. The van der Waals surface area contributed by atoms with E-state index in [-0.39, 0.29) is 67.7 Å². The van der Waals surface area contributed by atoms with E-state index in [4.69, 9.17) is 15.1 Å². The molecule has 0 aliphatic carbocycles. The van der Waals surface area contributed by atoms with Crippen molar-refractivity contribution in [1.29, 1.82) is 0 Å². The number of rotatable bonds is 0. The zero-order valence-electron chi connectivity index (χ0n) is 1.92. The van der Waals surface area contributed by atoms with Crippen molar-refractivity contribution in [3.8, 4) is 0 Å². The third kappa shape index (κ3) is 35.8. The molecule has 0 heterocycles. The van der Waals surface area contributed by atoms with Crippen LogP contribution in [0.5, 0.6) is 0 Å². The van der Waals surface area contributed by atoms with E-state index in [0.717, 1.165) is 0 Å². The first-order valence-electron chi connectivity index (χ1n) is 0.775.